The Bertz CT molecular complexity index is 785. The predicted octanol–water partition coefficient (Wildman–Crippen LogP) is 3.72. The van der Waals surface area contributed by atoms with Crippen molar-refractivity contribution in [2.24, 2.45) is 0 Å². The van der Waals surface area contributed by atoms with Gasteiger partial charge in [-0.1, -0.05) is 17.7 Å². The van der Waals surface area contributed by atoms with Gasteiger partial charge in [0.2, 0.25) is 5.88 Å². The molecule has 0 aliphatic carbocycles. The molecule has 0 aromatic carbocycles. The summed E-state index contributed by atoms with van der Waals surface area (Å²) in [5.41, 5.74) is 2.03. The molecule has 3 aromatic rings. The highest BCUT2D eigenvalue weighted by Crippen LogP contribution is 2.27. The first kappa shape index (κ1) is 13.6. The van der Waals surface area contributed by atoms with Gasteiger partial charge in [0.15, 0.2) is 16.7 Å². The van der Waals surface area contributed by atoms with Gasteiger partial charge in [-0.05, 0) is 37.1 Å². The first-order valence-corrected chi connectivity index (χ1v) is 6.78. The van der Waals surface area contributed by atoms with Crippen molar-refractivity contribution < 1.29 is 4.74 Å². The molecule has 6 heteroatoms. The third-order valence-electron chi connectivity index (χ3n) is 2.81. The summed E-state index contributed by atoms with van der Waals surface area (Å²) in [6.07, 6.45) is 5.36. The molecule has 0 fully saturated rings. The maximum atomic E-state index is 6.02. The number of halogens is 1. The summed E-state index contributed by atoms with van der Waals surface area (Å²) < 4.78 is 7.41. The Labute approximate surface area is 127 Å². The maximum absolute atomic E-state index is 6.02. The van der Waals surface area contributed by atoms with Crippen molar-refractivity contribution in [3.63, 3.8) is 0 Å². The lowest BCUT2D eigenvalue weighted by atomic mass is 10.3. The van der Waals surface area contributed by atoms with Crippen molar-refractivity contribution >= 4 is 11.6 Å². The molecule has 5 nitrogen and oxygen atoms in total. The van der Waals surface area contributed by atoms with E-state index >= 15 is 0 Å². The largest absolute Gasteiger partial charge is 0.436 e. The number of rotatable bonds is 3. The van der Waals surface area contributed by atoms with Gasteiger partial charge in [0, 0.05) is 18.5 Å². The van der Waals surface area contributed by atoms with E-state index in [-0.39, 0.29) is 0 Å². The van der Waals surface area contributed by atoms with Gasteiger partial charge in [0.05, 0.1) is 6.20 Å². The van der Waals surface area contributed by atoms with Crippen LogP contribution in [-0.2, 0) is 0 Å². The van der Waals surface area contributed by atoms with E-state index in [1.165, 1.54) is 0 Å². The smallest absolute Gasteiger partial charge is 0.221 e. The van der Waals surface area contributed by atoms with Gasteiger partial charge in [0.25, 0.3) is 0 Å². The van der Waals surface area contributed by atoms with Gasteiger partial charge >= 0.3 is 0 Å². The van der Waals surface area contributed by atoms with Crippen molar-refractivity contribution in [3.05, 3.63) is 59.1 Å². The summed E-state index contributed by atoms with van der Waals surface area (Å²) >= 11 is 6.02. The number of hydrogen-bond acceptors (Lipinski definition) is 4. The van der Waals surface area contributed by atoms with Crippen LogP contribution >= 0.6 is 11.6 Å². The molecule has 0 aliphatic heterocycles. The van der Waals surface area contributed by atoms with Gasteiger partial charge < -0.3 is 4.74 Å². The van der Waals surface area contributed by atoms with Crippen LogP contribution in [0.1, 0.15) is 11.1 Å². The van der Waals surface area contributed by atoms with E-state index in [0.717, 1.165) is 11.1 Å². The molecule has 0 saturated carbocycles. The Morgan fingerprint density at radius 2 is 2.00 bits per heavy atom. The Kier molecular flexibility index (Phi) is 3.58. The second-order valence-corrected chi connectivity index (χ2v) is 5.06. The molecule has 0 N–H and O–H groups in total. The molecule has 21 heavy (non-hydrogen) atoms. The Balaban J connectivity index is 1.91. The highest BCUT2D eigenvalue weighted by atomic mass is 35.5. The number of aromatic nitrogens is 4. The Hall–Kier alpha value is -2.40. The molecule has 0 amide bonds. The van der Waals surface area contributed by atoms with Gasteiger partial charge in [-0.2, -0.15) is 10.1 Å². The van der Waals surface area contributed by atoms with Crippen molar-refractivity contribution in [3.8, 4) is 17.4 Å². The van der Waals surface area contributed by atoms with Gasteiger partial charge in [-0.25, -0.2) is 9.67 Å². The van der Waals surface area contributed by atoms with E-state index < -0.39 is 0 Å². The van der Waals surface area contributed by atoms with E-state index in [4.69, 9.17) is 16.3 Å². The average molecular weight is 301 g/mol. The van der Waals surface area contributed by atoms with Crippen LogP contribution in [0.25, 0.3) is 5.82 Å². The lowest BCUT2D eigenvalue weighted by Gasteiger charge is -2.08. The molecule has 0 unspecified atom stereocenters. The minimum atomic E-state index is 0.308. The van der Waals surface area contributed by atoms with E-state index in [1.807, 2.05) is 38.2 Å². The van der Waals surface area contributed by atoms with Crippen molar-refractivity contribution in [2.45, 2.75) is 13.8 Å². The lowest BCUT2D eigenvalue weighted by molar-refractivity contribution is 0.459. The minimum absolute atomic E-state index is 0.308. The number of pyridine rings is 2. The molecule has 0 aliphatic rings. The zero-order valence-corrected chi connectivity index (χ0v) is 12.4. The van der Waals surface area contributed by atoms with Crippen LogP contribution in [-0.4, -0.2) is 19.7 Å². The number of nitrogens with zero attached hydrogens (tertiary/aromatic N) is 4. The summed E-state index contributed by atoms with van der Waals surface area (Å²) in [4.78, 5) is 8.47. The van der Waals surface area contributed by atoms with Crippen LogP contribution in [0.2, 0.25) is 5.15 Å². The molecule has 0 bridgehead atoms. The molecule has 3 aromatic heterocycles. The first-order chi connectivity index (χ1) is 10.1. The minimum Gasteiger partial charge on any atom is -0.436 e. The number of hydrogen-bond donors (Lipinski definition) is 0. The average Bonchev–Trinajstić information content (AvgIpc) is 2.90. The standard InChI is InChI=1S/C15H13ClN4O/c1-10-6-12(15(16)17-7-10)21-14-5-3-4-13(19-14)20-9-11(2)8-18-20/h3-9H,1-2H3. The van der Waals surface area contributed by atoms with Gasteiger partial charge in [0.1, 0.15) is 0 Å². The van der Waals surface area contributed by atoms with Gasteiger partial charge in [-0.15, -0.1) is 0 Å². The monoisotopic (exact) mass is 300 g/mol. The highest BCUT2D eigenvalue weighted by Gasteiger charge is 2.07. The van der Waals surface area contributed by atoms with Gasteiger partial charge in [-0.3, -0.25) is 0 Å². The fourth-order valence-corrected chi connectivity index (χ4v) is 1.98. The summed E-state index contributed by atoms with van der Waals surface area (Å²) in [5.74, 6) is 1.60. The van der Waals surface area contributed by atoms with Crippen LogP contribution in [0, 0.1) is 13.8 Å². The molecule has 3 heterocycles. The first-order valence-electron chi connectivity index (χ1n) is 6.40. The molecule has 3 rings (SSSR count). The van der Waals surface area contributed by atoms with Crippen LogP contribution < -0.4 is 4.74 Å². The zero-order chi connectivity index (χ0) is 14.8. The van der Waals surface area contributed by atoms with Crippen molar-refractivity contribution in [1.82, 2.24) is 19.7 Å². The van der Waals surface area contributed by atoms with Crippen molar-refractivity contribution in [1.29, 1.82) is 0 Å². The van der Waals surface area contributed by atoms with Crippen LogP contribution in [0.15, 0.2) is 42.9 Å². The highest BCUT2D eigenvalue weighted by molar-refractivity contribution is 6.30. The predicted molar refractivity (Wildman–Crippen MR) is 80.2 cm³/mol. The van der Waals surface area contributed by atoms with Crippen LogP contribution in [0.3, 0.4) is 0 Å². The van der Waals surface area contributed by atoms with E-state index in [9.17, 15) is 0 Å². The van der Waals surface area contributed by atoms with E-state index in [1.54, 1.807) is 23.1 Å². The molecule has 0 radical (unpaired) electrons. The fourth-order valence-electron chi connectivity index (χ4n) is 1.84. The summed E-state index contributed by atoms with van der Waals surface area (Å²) in [6.45, 7) is 3.90. The van der Waals surface area contributed by atoms with Crippen molar-refractivity contribution in [2.75, 3.05) is 0 Å². The molecule has 0 atom stereocenters. The summed E-state index contributed by atoms with van der Waals surface area (Å²) in [5, 5.41) is 4.53. The molecule has 0 saturated heterocycles. The van der Waals surface area contributed by atoms with E-state index in [2.05, 4.69) is 15.1 Å². The maximum Gasteiger partial charge on any atom is 0.221 e. The summed E-state index contributed by atoms with van der Waals surface area (Å²) in [6, 6.07) is 7.29. The Morgan fingerprint density at radius 3 is 2.76 bits per heavy atom. The second kappa shape index (κ2) is 5.54. The molecular formula is C15H13ClN4O. The SMILES string of the molecule is Cc1cnc(Cl)c(Oc2cccc(-n3cc(C)cn3)n2)c1. The molecule has 0 spiro atoms. The third kappa shape index (κ3) is 3.03. The number of ether oxygens (including phenoxy) is 1. The zero-order valence-electron chi connectivity index (χ0n) is 11.6. The molecular weight excluding hydrogens is 288 g/mol. The summed E-state index contributed by atoms with van der Waals surface area (Å²) in [7, 11) is 0. The normalized spacial score (nSPS) is 10.6. The quantitative estimate of drug-likeness (QED) is 0.692. The van der Waals surface area contributed by atoms with E-state index in [0.29, 0.717) is 22.6 Å². The number of aryl methyl sites for hydroxylation is 2. The lowest BCUT2D eigenvalue weighted by Crippen LogP contribution is -1.99. The topological polar surface area (TPSA) is 52.8 Å². The van der Waals surface area contributed by atoms with Crippen LogP contribution in [0.5, 0.6) is 11.6 Å². The Morgan fingerprint density at radius 1 is 1.14 bits per heavy atom. The second-order valence-electron chi connectivity index (χ2n) is 4.70. The fraction of sp³-hybridized carbons (Fsp3) is 0.133. The third-order valence-corrected chi connectivity index (χ3v) is 3.10. The molecule has 106 valence electrons. The van der Waals surface area contributed by atoms with Crippen LogP contribution in [0.4, 0.5) is 0 Å².